The van der Waals surface area contributed by atoms with E-state index in [1.807, 2.05) is 20.8 Å². The first-order chi connectivity index (χ1) is 5.82. The van der Waals surface area contributed by atoms with Crippen LogP contribution in [0.5, 0.6) is 0 Å². The molecule has 0 atom stereocenters. The highest BCUT2D eigenvalue weighted by Gasteiger charge is 2.18. The van der Waals surface area contributed by atoms with Gasteiger partial charge in [0.05, 0.1) is 5.30 Å². The monoisotopic (exact) mass is 200 g/mol. The molecule has 0 aliphatic heterocycles. The maximum Gasteiger partial charge on any atom is 0.356 e. The smallest absolute Gasteiger partial charge is 0.321 e. The summed E-state index contributed by atoms with van der Waals surface area (Å²) in [4.78, 5) is 17.9. The van der Waals surface area contributed by atoms with Gasteiger partial charge in [-0.2, -0.15) is 0 Å². The highest BCUT2D eigenvalue weighted by atomic mass is 31.2. The van der Waals surface area contributed by atoms with Crippen molar-refractivity contribution in [3.63, 3.8) is 0 Å². The molecule has 72 valence electrons. The Hall–Kier alpha value is -0.630. The molecule has 0 bridgehead atoms. The zero-order valence-electron chi connectivity index (χ0n) is 7.90. The first-order valence-electron chi connectivity index (χ1n) is 3.96. The van der Waals surface area contributed by atoms with Crippen molar-refractivity contribution in [3.8, 4) is 0 Å². The van der Waals surface area contributed by atoms with Gasteiger partial charge in [0.2, 0.25) is 0 Å². The van der Waals surface area contributed by atoms with Crippen molar-refractivity contribution in [1.82, 2.24) is 0 Å². The number of rotatable bonds is 1. The molecule has 4 heteroatoms. The lowest BCUT2D eigenvalue weighted by Gasteiger charge is -2.09. The van der Waals surface area contributed by atoms with E-state index in [0.29, 0.717) is 0 Å². The van der Waals surface area contributed by atoms with Crippen molar-refractivity contribution < 1.29 is 14.4 Å². The summed E-state index contributed by atoms with van der Waals surface area (Å²) in [7, 11) is -4.09. The predicted molar refractivity (Wildman–Crippen MR) is 52.3 cm³/mol. The molecular formula is C9H13O3P. The van der Waals surface area contributed by atoms with E-state index in [1.54, 1.807) is 12.1 Å². The molecule has 0 saturated carbocycles. The average molecular weight is 200 g/mol. The Morgan fingerprint density at radius 1 is 1.08 bits per heavy atom. The number of hydrogen-bond donors (Lipinski definition) is 2. The lowest BCUT2D eigenvalue weighted by atomic mass is 10.1. The highest BCUT2D eigenvalue weighted by Crippen LogP contribution is 2.34. The zero-order chi connectivity index (χ0) is 10.2. The van der Waals surface area contributed by atoms with Gasteiger partial charge < -0.3 is 9.79 Å². The van der Waals surface area contributed by atoms with Gasteiger partial charge in [0.1, 0.15) is 0 Å². The third-order valence-electron chi connectivity index (χ3n) is 2.25. The lowest BCUT2D eigenvalue weighted by Crippen LogP contribution is -2.06. The Morgan fingerprint density at radius 3 is 1.77 bits per heavy atom. The molecule has 0 fully saturated rings. The van der Waals surface area contributed by atoms with E-state index in [1.165, 1.54) is 0 Å². The normalized spacial score (nSPS) is 11.8. The van der Waals surface area contributed by atoms with Crippen LogP contribution in [0.1, 0.15) is 16.7 Å². The topological polar surface area (TPSA) is 57.5 Å². The molecule has 1 rings (SSSR count). The average Bonchev–Trinajstić information content (AvgIpc) is 1.97. The maximum atomic E-state index is 10.9. The summed E-state index contributed by atoms with van der Waals surface area (Å²) in [5.41, 5.74) is 2.91. The summed E-state index contributed by atoms with van der Waals surface area (Å²) >= 11 is 0. The minimum absolute atomic E-state index is 0.105. The molecule has 13 heavy (non-hydrogen) atoms. The summed E-state index contributed by atoms with van der Waals surface area (Å²) < 4.78 is 10.9. The fourth-order valence-corrected chi connectivity index (χ4v) is 1.90. The van der Waals surface area contributed by atoms with Crippen LogP contribution < -0.4 is 5.30 Å². The number of aryl methyl sites for hydroxylation is 2. The minimum Gasteiger partial charge on any atom is -0.321 e. The first kappa shape index (κ1) is 10.5. The van der Waals surface area contributed by atoms with Crippen molar-refractivity contribution >= 4 is 12.9 Å². The van der Waals surface area contributed by atoms with E-state index in [0.717, 1.165) is 16.7 Å². The minimum atomic E-state index is -4.09. The summed E-state index contributed by atoms with van der Waals surface area (Å²) in [6.45, 7) is 5.64. The molecule has 2 N–H and O–H groups in total. The molecule has 1 aromatic rings. The molecule has 3 nitrogen and oxygen atoms in total. The van der Waals surface area contributed by atoms with Gasteiger partial charge in [-0.1, -0.05) is 0 Å². The van der Waals surface area contributed by atoms with Crippen LogP contribution in [0.4, 0.5) is 0 Å². The Bertz CT molecular complexity index is 355. The molecular weight excluding hydrogens is 187 g/mol. The first-order valence-corrected chi connectivity index (χ1v) is 5.57. The fourth-order valence-electron chi connectivity index (χ4n) is 1.18. The predicted octanol–water partition coefficient (Wildman–Crippen LogP) is 1.41. The third-order valence-corrected chi connectivity index (χ3v) is 3.18. The Balaban J connectivity index is 3.38. The van der Waals surface area contributed by atoms with E-state index in [4.69, 9.17) is 9.79 Å². The summed E-state index contributed by atoms with van der Waals surface area (Å²) in [6.07, 6.45) is 0. The molecule has 0 saturated heterocycles. The molecule has 0 aromatic heterocycles. The van der Waals surface area contributed by atoms with Crippen LogP contribution in [0.25, 0.3) is 0 Å². The molecule has 0 spiro atoms. The van der Waals surface area contributed by atoms with Crippen molar-refractivity contribution in [2.24, 2.45) is 0 Å². The SMILES string of the molecule is Cc1cc(P(=O)(O)O)cc(C)c1C. The van der Waals surface area contributed by atoms with E-state index < -0.39 is 7.60 Å². The van der Waals surface area contributed by atoms with Crippen molar-refractivity contribution in [1.29, 1.82) is 0 Å². The second-order valence-electron chi connectivity index (χ2n) is 3.25. The molecule has 0 aliphatic rings. The van der Waals surface area contributed by atoms with Crippen LogP contribution >= 0.6 is 7.60 Å². The molecule has 0 unspecified atom stereocenters. The van der Waals surface area contributed by atoms with Crippen LogP contribution in [0.2, 0.25) is 0 Å². The van der Waals surface area contributed by atoms with Crippen molar-refractivity contribution in [3.05, 3.63) is 28.8 Å². The van der Waals surface area contributed by atoms with Crippen LogP contribution in [0.3, 0.4) is 0 Å². The van der Waals surface area contributed by atoms with Gasteiger partial charge in [0, 0.05) is 0 Å². The van der Waals surface area contributed by atoms with Gasteiger partial charge in [-0.15, -0.1) is 0 Å². The summed E-state index contributed by atoms with van der Waals surface area (Å²) in [5.74, 6) is 0. The fraction of sp³-hybridized carbons (Fsp3) is 0.333. The van der Waals surface area contributed by atoms with Gasteiger partial charge in [-0.05, 0) is 49.6 Å². The van der Waals surface area contributed by atoms with E-state index >= 15 is 0 Å². The summed E-state index contributed by atoms with van der Waals surface area (Å²) in [5, 5.41) is 0.105. The molecule has 0 heterocycles. The van der Waals surface area contributed by atoms with Crippen molar-refractivity contribution in [2.75, 3.05) is 0 Å². The van der Waals surface area contributed by atoms with E-state index in [2.05, 4.69) is 0 Å². The Labute approximate surface area is 77.6 Å². The van der Waals surface area contributed by atoms with E-state index in [9.17, 15) is 4.57 Å². The summed E-state index contributed by atoms with van der Waals surface area (Å²) in [6, 6.07) is 3.09. The van der Waals surface area contributed by atoms with Gasteiger partial charge >= 0.3 is 7.60 Å². The molecule has 0 aliphatic carbocycles. The quantitative estimate of drug-likeness (QED) is 0.674. The number of benzene rings is 1. The Morgan fingerprint density at radius 2 is 1.46 bits per heavy atom. The Kier molecular flexibility index (Phi) is 2.62. The van der Waals surface area contributed by atoms with Gasteiger partial charge in [-0.25, -0.2) is 0 Å². The van der Waals surface area contributed by atoms with Crippen LogP contribution in [-0.2, 0) is 4.57 Å². The van der Waals surface area contributed by atoms with Crippen LogP contribution in [0.15, 0.2) is 12.1 Å². The second-order valence-corrected chi connectivity index (χ2v) is 4.85. The maximum absolute atomic E-state index is 10.9. The van der Waals surface area contributed by atoms with Crippen LogP contribution in [-0.4, -0.2) is 9.79 Å². The second kappa shape index (κ2) is 3.26. The highest BCUT2D eigenvalue weighted by molar-refractivity contribution is 7.60. The molecule has 1 aromatic carbocycles. The van der Waals surface area contributed by atoms with Crippen LogP contribution in [0, 0.1) is 20.8 Å². The third kappa shape index (κ3) is 2.19. The van der Waals surface area contributed by atoms with Gasteiger partial charge in [0.25, 0.3) is 0 Å². The standard InChI is InChI=1S/C9H13O3P/c1-6-4-9(13(10,11)12)5-7(2)8(6)3/h4-5H,1-3H3,(H2,10,11,12). The van der Waals surface area contributed by atoms with Gasteiger partial charge in [-0.3, -0.25) is 4.57 Å². The largest absolute Gasteiger partial charge is 0.356 e. The molecule has 0 amide bonds. The zero-order valence-corrected chi connectivity index (χ0v) is 8.80. The molecule has 0 radical (unpaired) electrons. The van der Waals surface area contributed by atoms with Gasteiger partial charge in [0.15, 0.2) is 0 Å². The van der Waals surface area contributed by atoms with Crippen molar-refractivity contribution in [2.45, 2.75) is 20.8 Å². The van der Waals surface area contributed by atoms with E-state index in [-0.39, 0.29) is 5.30 Å². The lowest BCUT2D eigenvalue weighted by molar-refractivity contribution is 0.387. The number of hydrogen-bond acceptors (Lipinski definition) is 1.